The van der Waals surface area contributed by atoms with Crippen LogP contribution in [0.3, 0.4) is 0 Å². The van der Waals surface area contributed by atoms with Gasteiger partial charge in [-0.2, -0.15) is 12.7 Å². The number of nitrogens with one attached hydrogen (secondary N) is 1. The fraction of sp³-hybridized carbons (Fsp3) is 0.240. The predicted octanol–water partition coefficient (Wildman–Crippen LogP) is 3.01. The van der Waals surface area contributed by atoms with Gasteiger partial charge in [-0.3, -0.25) is 4.79 Å². The Labute approximate surface area is 208 Å². The van der Waals surface area contributed by atoms with Crippen molar-refractivity contribution in [3.63, 3.8) is 0 Å². The number of aromatic amines is 1. The lowest BCUT2D eigenvalue weighted by atomic mass is 9.98. The van der Waals surface area contributed by atoms with Gasteiger partial charge in [0.25, 0.3) is 8.87 Å². The van der Waals surface area contributed by atoms with E-state index in [0.717, 1.165) is 33.6 Å². The summed E-state index contributed by atoms with van der Waals surface area (Å²) in [5, 5.41) is 1.73. The Bertz CT molecular complexity index is 1730. The molecule has 1 unspecified atom stereocenters. The first kappa shape index (κ1) is 24.3. The Morgan fingerprint density at radius 2 is 1.61 bits per heavy atom. The first-order valence-corrected chi connectivity index (χ1v) is 14.6. The number of fused-ring (bicyclic) bond motifs is 4. The molecule has 1 aliphatic rings. The minimum atomic E-state index is -5.05. The minimum Gasteiger partial charge on any atom is -0.468 e. The molecule has 0 saturated heterocycles. The molecule has 0 bridgehead atoms. The molecule has 2 heterocycles. The lowest BCUT2D eigenvalue weighted by Gasteiger charge is -2.32. The Kier molecular flexibility index (Phi) is 5.81. The van der Waals surface area contributed by atoms with Gasteiger partial charge in [0.2, 0.25) is 0 Å². The normalized spacial score (nSPS) is 16.7. The van der Waals surface area contributed by atoms with E-state index in [1.54, 1.807) is 18.2 Å². The van der Waals surface area contributed by atoms with E-state index in [0.29, 0.717) is 11.1 Å². The molecule has 4 aromatic rings. The zero-order valence-corrected chi connectivity index (χ0v) is 21.6. The third-order valence-electron chi connectivity index (χ3n) is 6.61. The molecule has 9 nitrogen and oxygen atoms in total. The Morgan fingerprint density at radius 1 is 0.944 bits per heavy atom. The molecule has 1 N–H and O–H groups in total. The van der Waals surface area contributed by atoms with Crippen LogP contribution >= 0.6 is 0 Å². The van der Waals surface area contributed by atoms with E-state index in [9.17, 15) is 21.6 Å². The van der Waals surface area contributed by atoms with Gasteiger partial charge in [0.15, 0.2) is 0 Å². The van der Waals surface area contributed by atoms with Gasteiger partial charge >= 0.3 is 15.0 Å². The van der Waals surface area contributed by atoms with Crippen LogP contribution < -0.4 is 4.90 Å². The van der Waals surface area contributed by atoms with E-state index in [1.807, 2.05) is 49.3 Å². The van der Waals surface area contributed by atoms with Crippen LogP contribution in [0, 0.1) is 0 Å². The highest BCUT2D eigenvalue weighted by molar-refractivity contribution is 8.66. The van der Waals surface area contributed by atoms with E-state index in [1.165, 1.54) is 12.1 Å². The van der Waals surface area contributed by atoms with Crippen LogP contribution in [0.25, 0.3) is 21.7 Å². The summed E-state index contributed by atoms with van der Waals surface area (Å²) in [6.07, 6.45) is -0.0128. The van der Waals surface area contributed by atoms with Gasteiger partial charge in [-0.15, -0.1) is 0 Å². The average Bonchev–Trinajstić information content (AvgIpc) is 3.24. The van der Waals surface area contributed by atoms with Crippen LogP contribution in [0.15, 0.2) is 65.6 Å². The van der Waals surface area contributed by atoms with E-state index >= 15 is 0 Å². The summed E-state index contributed by atoms with van der Waals surface area (Å²) >= 11 is 0. The first-order chi connectivity index (χ1) is 17.1. The number of para-hydroxylation sites is 1. The number of H-pyrrole nitrogens is 1. The van der Waals surface area contributed by atoms with Gasteiger partial charge in [-0.1, -0.05) is 42.5 Å². The number of methoxy groups -OCH3 is 1. The molecule has 3 aromatic carbocycles. The Morgan fingerprint density at radius 3 is 2.33 bits per heavy atom. The fourth-order valence-corrected chi connectivity index (χ4v) is 9.14. The number of esters is 1. The quantitative estimate of drug-likeness (QED) is 0.313. The van der Waals surface area contributed by atoms with Crippen molar-refractivity contribution in [2.75, 3.05) is 26.1 Å². The fourth-order valence-electron chi connectivity index (χ4n) is 4.87. The summed E-state index contributed by atoms with van der Waals surface area (Å²) in [6, 6.07) is 15.7. The minimum absolute atomic E-state index is 0.0128. The smallest absolute Gasteiger partial charge is 0.325 e. The number of carbonyl (C=O) groups excluding carboxylic acids is 1. The van der Waals surface area contributed by atoms with Gasteiger partial charge in [0.05, 0.1) is 18.6 Å². The lowest BCUT2D eigenvalue weighted by molar-refractivity contribution is -0.145. The third kappa shape index (κ3) is 3.57. The highest BCUT2D eigenvalue weighted by atomic mass is 33.2. The monoisotopic (exact) mass is 527 g/mol. The van der Waals surface area contributed by atoms with Crippen molar-refractivity contribution in [1.29, 1.82) is 0 Å². The molecule has 36 heavy (non-hydrogen) atoms. The lowest BCUT2D eigenvalue weighted by Crippen LogP contribution is -2.50. The maximum Gasteiger partial charge on any atom is 0.325 e. The number of aromatic nitrogens is 1. The van der Waals surface area contributed by atoms with Gasteiger partial charge < -0.3 is 14.6 Å². The second-order valence-corrected chi connectivity index (χ2v) is 14.1. The molecule has 5 rings (SSSR count). The topological polar surface area (TPSA) is 117 Å². The van der Waals surface area contributed by atoms with E-state index < -0.39 is 29.9 Å². The predicted molar refractivity (Wildman–Crippen MR) is 138 cm³/mol. The zero-order valence-electron chi connectivity index (χ0n) is 19.9. The molecule has 11 heteroatoms. The summed E-state index contributed by atoms with van der Waals surface area (Å²) in [6.45, 7) is -0.306. The van der Waals surface area contributed by atoms with E-state index in [2.05, 4.69) is 4.98 Å². The molecule has 0 fully saturated rings. The number of nitrogens with zero attached hydrogens (tertiary/aromatic N) is 2. The average molecular weight is 528 g/mol. The molecule has 0 amide bonds. The molecule has 188 valence electrons. The summed E-state index contributed by atoms with van der Waals surface area (Å²) in [5.74, 6) is -0.822. The number of carbonyl (C=O) groups is 1. The first-order valence-electron chi connectivity index (χ1n) is 11.2. The number of hydrogen-bond donors (Lipinski definition) is 1. The Balaban J connectivity index is 1.67. The van der Waals surface area contributed by atoms with Crippen molar-refractivity contribution in [3.05, 3.63) is 71.9 Å². The molecule has 1 atom stereocenters. The maximum atomic E-state index is 13.8. The van der Waals surface area contributed by atoms with Gasteiger partial charge in [-0.25, -0.2) is 8.42 Å². The molecule has 0 spiro atoms. The summed E-state index contributed by atoms with van der Waals surface area (Å²) in [7, 11) is -5.22. The van der Waals surface area contributed by atoms with Crippen molar-refractivity contribution >= 4 is 51.3 Å². The largest absolute Gasteiger partial charge is 0.468 e. The summed E-state index contributed by atoms with van der Waals surface area (Å²) in [4.78, 5) is 17.4. The van der Waals surface area contributed by atoms with Crippen LogP contribution in [-0.4, -0.2) is 59.3 Å². The van der Waals surface area contributed by atoms with Gasteiger partial charge in [0.1, 0.15) is 6.04 Å². The van der Waals surface area contributed by atoms with E-state index in [-0.39, 0.29) is 23.2 Å². The number of rotatable bonds is 5. The number of anilines is 1. The highest BCUT2D eigenvalue weighted by Crippen LogP contribution is 2.37. The molecular formula is C25H25N3O6S2. The third-order valence-corrected chi connectivity index (χ3v) is 11.8. The molecule has 1 aliphatic heterocycles. The van der Waals surface area contributed by atoms with Crippen molar-refractivity contribution in [2.45, 2.75) is 23.9 Å². The standard InChI is InChI=1S/C25H25N3O6S2/c1-27(2)22-12-6-10-18-17(22)9-7-13-24(18)35(30,31)36(32,33)28-15-21-19(14-23(28)25(29)34-3)16-8-4-5-11-20(16)26-21/h4-13,23,26H,14-15H2,1-3H3. The number of benzene rings is 3. The van der Waals surface area contributed by atoms with Crippen molar-refractivity contribution in [2.24, 2.45) is 0 Å². The van der Waals surface area contributed by atoms with Crippen LogP contribution in [0.2, 0.25) is 0 Å². The van der Waals surface area contributed by atoms with Crippen LogP contribution in [0.4, 0.5) is 5.69 Å². The second-order valence-electron chi connectivity index (χ2n) is 8.85. The van der Waals surface area contributed by atoms with Crippen LogP contribution in [0.5, 0.6) is 0 Å². The molecule has 0 saturated carbocycles. The molecule has 0 radical (unpaired) electrons. The SMILES string of the molecule is COC(=O)C1Cc2c([nH]c3ccccc23)CN1S(=O)(=O)S(=O)(=O)c1cccc2c(N(C)C)cccc12. The molecule has 1 aromatic heterocycles. The number of ether oxygens (including phenoxy) is 1. The van der Waals surface area contributed by atoms with Crippen LogP contribution in [-0.2, 0) is 40.4 Å². The van der Waals surface area contributed by atoms with Crippen molar-refractivity contribution < 1.29 is 26.4 Å². The summed E-state index contributed by atoms with van der Waals surface area (Å²) in [5.41, 5.74) is 2.84. The highest BCUT2D eigenvalue weighted by Gasteiger charge is 2.47. The van der Waals surface area contributed by atoms with Crippen LogP contribution in [0.1, 0.15) is 11.3 Å². The van der Waals surface area contributed by atoms with Gasteiger partial charge in [-0.05, 0) is 23.8 Å². The second kappa shape index (κ2) is 8.61. The van der Waals surface area contributed by atoms with Crippen molar-refractivity contribution in [3.8, 4) is 0 Å². The Hall–Kier alpha value is -3.41. The maximum absolute atomic E-state index is 13.8. The summed E-state index contributed by atoms with van der Waals surface area (Å²) < 4.78 is 60.9. The van der Waals surface area contributed by atoms with Gasteiger partial charge in [0, 0.05) is 53.6 Å². The number of hydrogen-bond acceptors (Lipinski definition) is 7. The molecule has 0 aliphatic carbocycles. The van der Waals surface area contributed by atoms with Crippen molar-refractivity contribution in [1.82, 2.24) is 9.29 Å². The zero-order chi connectivity index (χ0) is 25.8. The molecular weight excluding hydrogens is 502 g/mol. The van der Waals surface area contributed by atoms with E-state index in [4.69, 9.17) is 4.74 Å².